The van der Waals surface area contributed by atoms with E-state index in [1.54, 1.807) is 6.26 Å². The molecule has 1 aromatic heterocycles. The van der Waals surface area contributed by atoms with E-state index >= 15 is 0 Å². The maximum atomic E-state index is 11.7. The summed E-state index contributed by atoms with van der Waals surface area (Å²) >= 11 is 0. The first-order valence-corrected chi connectivity index (χ1v) is 9.14. The molecule has 0 saturated carbocycles. The van der Waals surface area contributed by atoms with E-state index in [0.29, 0.717) is 26.1 Å². The number of hydrogen-bond donors (Lipinski definition) is 2. The van der Waals surface area contributed by atoms with E-state index in [0.717, 1.165) is 42.4 Å². The molecule has 138 valence electrons. The molecule has 6 nitrogen and oxygen atoms in total. The van der Waals surface area contributed by atoms with Crippen molar-refractivity contribution in [1.82, 2.24) is 15.5 Å². The van der Waals surface area contributed by atoms with Crippen LogP contribution in [-0.4, -0.2) is 29.9 Å². The normalized spacial score (nSPS) is 14.7. The number of nitrogens with zero attached hydrogens (tertiary/aromatic N) is 2. The van der Waals surface area contributed by atoms with Crippen LogP contribution in [0, 0.1) is 0 Å². The Morgan fingerprint density at radius 1 is 1.19 bits per heavy atom. The van der Waals surface area contributed by atoms with Gasteiger partial charge in [-0.2, -0.15) is 0 Å². The average molecular weight is 354 g/mol. The zero-order valence-corrected chi connectivity index (χ0v) is 15.2. The van der Waals surface area contributed by atoms with Crippen molar-refractivity contribution in [3.05, 3.63) is 59.5 Å². The minimum Gasteiger partial charge on any atom is -0.467 e. The van der Waals surface area contributed by atoms with Gasteiger partial charge in [0.25, 0.3) is 0 Å². The lowest BCUT2D eigenvalue weighted by Crippen LogP contribution is -2.36. The lowest BCUT2D eigenvalue weighted by molar-refractivity contribution is -0.128. The van der Waals surface area contributed by atoms with Crippen LogP contribution in [0.2, 0.25) is 0 Å². The molecule has 2 heterocycles. The third-order valence-electron chi connectivity index (χ3n) is 4.34. The van der Waals surface area contributed by atoms with Gasteiger partial charge in [-0.05, 0) is 36.6 Å². The quantitative estimate of drug-likeness (QED) is 0.592. The second-order valence-electron chi connectivity index (χ2n) is 6.36. The smallest absolute Gasteiger partial charge is 0.222 e. The van der Waals surface area contributed by atoms with Crippen LogP contribution >= 0.6 is 0 Å². The fraction of sp³-hybridized carbons (Fsp3) is 0.400. The number of benzene rings is 1. The number of guanidine groups is 1. The van der Waals surface area contributed by atoms with Gasteiger partial charge in [-0.1, -0.05) is 24.3 Å². The third-order valence-corrected chi connectivity index (χ3v) is 4.34. The van der Waals surface area contributed by atoms with E-state index in [-0.39, 0.29) is 5.91 Å². The Labute approximate surface area is 154 Å². The van der Waals surface area contributed by atoms with E-state index in [4.69, 9.17) is 4.42 Å². The summed E-state index contributed by atoms with van der Waals surface area (Å²) in [4.78, 5) is 18.3. The minimum absolute atomic E-state index is 0.261. The first kappa shape index (κ1) is 18.0. The van der Waals surface area contributed by atoms with Crippen molar-refractivity contribution in [2.75, 3.05) is 13.1 Å². The molecule has 0 unspecified atom stereocenters. The van der Waals surface area contributed by atoms with Gasteiger partial charge in [0.1, 0.15) is 5.76 Å². The van der Waals surface area contributed by atoms with Gasteiger partial charge >= 0.3 is 0 Å². The number of amides is 1. The molecule has 1 amide bonds. The molecule has 1 aliphatic heterocycles. The number of aliphatic imine (C=N–C) groups is 1. The van der Waals surface area contributed by atoms with Crippen LogP contribution < -0.4 is 10.6 Å². The van der Waals surface area contributed by atoms with Crippen LogP contribution in [0.3, 0.4) is 0 Å². The number of likely N-dealkylation sites (tertiary alicyclic amines) is 1. The van der Waals surface area contributed by atoms with Crippen molar-refractivity contribution in [1.29, 1.82) is 0 Å². The summed E-state index contributed by atoms with van der Waals surface area (Å²) in [5.41, 5.74) is 2.30. The Bertz CT molecular complexity index is 723. The molecule has 3 rings (SSSR count). The van der Waals surface area contributed by atoms with Gasteiger partial charge in [0.05, 0.1) is 19.4 Å². The minimum atomic E-state index is 0.261. The molecule has 1 saturated heterocycles. The maximum absolute atomic E-state index is 11.7. The van der Waals surface area contributed by atoms with E-state index in [9.17, 15) is 4.79 Å². The number of rotatable bonds is 7. The number of furan rings is 1. The predicted molar refractivity (Wildman–Crippen MR) is 101 cm³/mol. The topological polar surface area (TPSA) is 69.9 Å². The highest BCUT2D eigenvalue weighted by atomic mass is 16.3. The van der Waals surface area contributed by atoms with Crippen molar-refractivity contribution in [2.45, 2.75) is 39.4 Å². The van der Waals surface area contributed by atoms with Crippen LogP contribution in [0.15, 0.2) is 52.1 Å². The Hall–Kier alpha value is -2.76. The summed E-state index contributed by atoms with van der Waals surface area (Å²) in [5.74, 6) is 1.89. The van der Waals surface area contributed by atoms with Crippen molar-refractivity contribution in [2.24, 2.45) is 4.99 Å². The summed E-state index contributed by atoms with van der Waals surface area (Å²) in [6, 6.07) is 12.1. The third kappa shape index (κ3) is 5.12. The van der Waals surface area contributed by atoms with E-state index in [1.165, 1.54) is 0 Å². The molecule has 2 aromatic rings. The molecule has 6 heteroatoms. The van der Waals surface area contributed by atoms with Crippen LogP contribution in [0.1, 0.15) is 36.7 Å². The molecule has 0 atom stereocenters. The zero-order valence-electron chi connectivity index (χ0n) is 15.2. The highest BCUT2D eigenvalue weighted by Gasteiger charge is 2.19. The van der Waals surface area contributed by atoms with Crippen molar-refractivity contribution in [3.8, 4) is 0 Å². The molecule has 2 N–H and O–H groups in total. The molecule has 1 fully saturated rings. The SMILES string of the molecule is CCNC(=NCc1ccc(CN2CCCC2=O)cc1)NCc1ccco1. The molecule has 0 spiro atoms. The Morgan fingerprint density at radius 2 is 2.00 bits per heavy atom. The van der Waals surface area contributed by atoms with E-state index < -0.39 is 0 Å². The lowest BCUT2D eigenvalue weighted by atomic mass is 10.1. The first-order chi connectivity index (χ1) is 12.7. The van der Waals surface area contributed by atoms with Crippen LogP contribution in [0.5, 0.6) is 0 Å². The number of hydrogen-bond acceptors (Lipinski definition) is 3. The number of nitrogens with one attached hydrogen (secondary N) is 2. The highest BCUT2D eigenvalue weighted by molar-refractivity contribution is 5.79. The second kappa shape index (κ2) is 9.08. The van der Waals surface area contributed by atoms with Crippen molar-refractivity contribution in [3.63, 3.8) is 0 Å². The molecule has 26 heavy (non-hydrogen) atoms. The Kier molecular flexibility index (Phi) is 6.30. The number of carbonyl (C=O) groups is 1. The molecule has 1 aliphatic rings. The van der Waals surface area contributed by atoms with Crippen LogP contribution in [0.25, 0.3) is 0 Å². The van der Waals surface area contributed by atoms with Gasteiger partial charge in [0.15, 0.2) is 5.96 Å². The standard InChI is InChI=1S/C20H26N4O2/c1-2-21-20(23-14-18-5-4-12-26-18)22-13-16-7-9-17(10-8-16)15-24-11-3-6-19(24)25/h4-5,7-10,12H,2-3,6,11,13-15H2,1H3,(H2,21,22,23). The zero-order chi connectivity index (χ0) is 18.2. The second-order valence-corrected chi connectivity index (χ2v) is 6.36. The average Bonchev–Trinajstić information content (AvgIpc) is 3.31. The fourth-order valence-electron chi connectivity index (χ4n) is 2.94. The molecule has 0 bridgehead atoms. The van der Waals surface area contributed by atoms with Crippen molar-refractivity contribution < 1.29 is 9.21 Å². The maximum Gasteiger partial charge on any atom is 0.222 e. The largest absolute Gasteiger partial charge is 0.467 e. The lowest BCUT2D eigenvalue weighted by Gasteiger charge is -2.15. The van der Waals surface area contributed by atoms with Gasteiger partial charge < -0.3 is 20.0 Å². The van der Waals surface area contributed by atoms with Gasteiger partial charge in [0.2, 0.25) is 5.91 Å². The highest BCUT2D eigenvalue weighted by Crippen LogP contribution is 2.15. The van der Waals surface area contributed by atoms with E-state index in [2.05, 4.69) is 39.9 Å². The fourth-order valence-corrected chi connectivity index (χ4v) is 2.94. The Balaban J connectivity index is 1.54. The van der Waals surface area contributed by atoms with Crippen LogP contribution in [-0.2, 0) is 24.4 Å². The van der Waals surface area contributed by atoms with Gasteiger partial charge in [-0.15, -0.1) is 0 Å². The first-order valence-electron chi connectivity index (χ1n) is 9.14. The molecule has 1 aromatic carbocycles. The summed E-state index contributed by atoms with van der Waals surface area (Å²) < 4.78 is 5.33. The van der Waals surface area contributed by atoms with E-state index in [1.807, 2.05) is 24.0 Å². The molecule has 0 aliphatic carbocycles. The van der Waals surface area contributed by atoms with Gasteiger partial charge in [0, 0.05) is 26.1 Å². The van der Waals surface area contributed by atoms with Crippen LogP contribution in [0.4, 0.5) is 0 Å². The summed E-state index contributed by atoms with van der Waals surface area (Å²) in [6.45, 7) is 5.61. The predicted octanol–water partition coefficient (Wildman–Crippen LogP) is 2.66. The van der Waals surface area contributed by atoms with Gasteiger partial charge in [-0.25, -0.2) is 4.99 Å². The Morgan fingerprint density at radius 3 is 2.65 bits per heavy atom. The number of carbonyl (C=O) groups excluding carboxylic acids is 1. The molecular formula is C20H26N4O2. The summed E-state index contributed by atoms with van der Waals surface area (Å²) in [6.07, 6.45) is 3.33. The summed E-state index contributed by atoms with van der Waals surface area (Å²) in [7, 11) is 0. The van der Waals surface area contributed by atoms with Crippen molar-refractivity contribution >= 4 is 11.9 Å². The molecular weight excluding hydrogens is 328 g/mol. The van der Waals surface area contributed by atoms with Gasteiger partial charge in [-0.3, -0.25) is 4.79 Å². The monoisotopic (exact) mass is 354 g/mol. The molecule has 0 radical (unpaired) electrons. The summed E-state index contributed by atoms with van der Waals surface area (Å²) in [5, 5.41) is 6.49.